The van der Waals surface area contributed by atoms with Gasteiger partial charge in [-0.25, -0.2) is 0 Å². The van der Waals surface area contributed by atoms with Gasteiger partial charge in [0.15, 0.2) is 0 Å². The van der Waals surface area contributed by atoms with Crippen LogP contribution in [0.15, 0.2) is 115 Å². The van der Waals surface area contributed by atoms with Crippen molar-refractivity contribution in [3.63, 3.8) is 0 Å². The highest BCUT2D eigenvalue weighted by Crippen LogP contribution is 2.48. The highest BCUT2D eigenvalue weighted by atomic mass is 14.4. The van der Waals surface area contributed by atoms with Crippen molar-refractivity contribution in [3.8, 4) is 33.4 Å². The van der Waals surface area contributed by atoms with Crippen molar-refractivity contribution >= 4 is 33.7 Å². The molecule has 0 N–H and O–H groups in total. The summed E-state index contributed by atoms with van der Waals surface area (Å²) in [6.07, 6.45) is 13.5. The van der Waals surface area contributed by atoms with E-state index in [1.54, 1.807) is 0 Å². The van der Waals surface area contributed by atoms with Crippen molar-refractivity contribution in [2.45, 2.75) is 72.6 Å². The van der Waals surface area contributed by atoms with Gasteiger partial charge in [0.2, 0.25) is 0 Å². The van der Waals surface area contributed by atoms with Gasteiger partial charge < -0.3 is 0 Å². The normalized spacial score (nSPS) is 13.2. The maximum atomic E-state index is 2.58. The summed E-state index contributed by atoms with van der Waals surface area (Å²) < 4.78 is 0. The van der Waals surface area contributed by atoms with Crippen LogP contribution in [0.3, 0.4) is 0 Å². The molecule has 1 aliphatic carbocycles. The molecule has 0 fully saturated rings. The molecule has 0 spiro atoms. The second-order valence-electron chi connectivity index (χ2n) is 14.0. The number of allylic oxidation sites excluding steroid dienone is 2. The van der Waals surface area contributed by atoms with E-state index in [-0.39, 0.29) is 5.41 Å². The van der Waals surface area contributed by atoms with Crippen LogP contribution in [0.25, 0.3) is 67.1 Å². The number of benzene rings is 6. The van der Waals surface area contributed by atoms with Gasteiger partial charge in [-0.05, 0) is 152 Å². The monoisotopic (exact) mass is 624 g/mol. The number of rotatable bonds is 8. The van der Waals surface area contributed by atoms with E-state index in [9.17, 15) is 0 Å². The van der Waals surface area contributed by atoms with Crippen molar-refractivity contribution in [1.82, 2.24) is 0 Å². The molecule has 0 heteroatoms. The molecule has 0 aromatic heterocycles. The highest BCUT2D eigenvalue weighted by Gasteiger charge is 2.33. The minimum atomic E-state index is 0.128. The van der Waals surface area contributed by atoms with Crippen LogP contribution in [0.1, 0.15) is 81.7 Å². The Balaban J connectivity index is 1.57. The third-order valence-electron chi connectivity index (χ3n) is 11.4. The summed E-state index contributed by atoms with van der Waals surface area (Å²) in [5.41, 5.74) is 14.8. The van der Waals surface area contributed by atoms with E-state index in [0.717, 1.165) is 25.7 Å². The zero-order chi connectivity index (χ0) is 33.4. The Labute approximate surface area is 287 Å². The van der Waals surface area contributed by atoms with E-state index >= 15 is 0 Å². The Bertz CT molecular complexity index is 2200. The fourth-order valence-corrected chi connectivity index (χ4v) is 8.62. The lowest BCUT2D eigenvalue weighted by Gasteiger charge is -2.37. The SMILES string of the molecule is C/C=C\c1cc(-c2cccc(-c3c4ccccc4c(-c4cccc5c4C=CCC5)c4cc(C(CC)(CC)C(C)C)ccc34)c2)ccc1C. The first-order valence-corrected chi connectivity index (χ1v) is 18.0. The molecule has 1 aliphatic rings. The van der Waals surface area contributed by atoms with Gasteiger partial charge in [0.05, 0.1) is 0 Å². The van der Waals surface area contributed by atoms with Gasteiger partial charge in [-0.2, -0.15) is 0 Å². The van der Waals surface area contributed by atoms with E-state index in [4.69, 9.17) is 0 Å². The fraction of sp³-hybridized carbons (Fsp3) is 0.250. The van der Waals surface area contributed by atoms with Gasteiger partial charge in [0.25, 0.3) is 0 Å². The first-order valence-electron chi connectivity index (χ1n) is 18.0. The van der Waals surface area contributed by atoms with Crippen LogP contribution in [0.2, 0.25) is 0 Å². The van der Waals surface area contributed by atoms with Gasteiger partial charge in [-0.3, -0.25) is 0 Å². The van der Waals surface area contributed by atoms with Gasteiger partial charge in [0.1, 0.15) is 0 Å². The largest absolute Gasteiger partial charge is 0.0871 e. The Morgan fingerprint density at radius 2 is 1.40 bits per heavy atom. The van der Waals surface area contributed by atoms with Crippen LogP contribution in [-0.4, -0.2) is 0 Å². The summed E-state index contributed by atoms with van der Waals surface area (Å²) in [6.45, 7) is 13.8. The van der Waals surface area contributed by atoms with Crippen LogP contribution in [0.5, 0.6) is 0 Å². The molecule has 0 aliphatic heterocycles. The fourth-order valence-electron chi connectivity index (χ4n) is 8.62. The summed E-state index contributed by atoms with van der Waals surface area (Å²) in [5.74, 6) is 0.541. The van der Waals surface area contributed by atoms with Gasteiger partial charge >= 0.3 is 0 Å². The first-order chi connectivity index (χ1) is 23.4. The Morgan fingerprint density at radius 3 is 2.15 bits per heavy atom. The van der Waals surface area contributed by atoms with Crippen LogP contribution >= 0.6 is 0 Å². The summed E-state index contributed by atoms with van der Waals surface area (Å²) in [7, 11) is 0. The lowest BCUT2D eigenvalue weighted by atomic mass is 9.67. The molecule has 48 heavy (non-hydrogen) atoms. The lowest BCUT2D eigenvalue weighted by Crippen LogP contribution is -2.30. The van der Waals surface area contributed by atoms with E-state index in [2.05, 4.69) is 169 Å². The standard InChI is InChI=1S/C48H48/c1-7-16-35-29-37(26-25-33(35)6)36-19-14-20-38(30-36)46-42-22-12-13-23-43(42)47(41-24-15-18-34-17-10-11-21-40(34)41)45-31-39(27-28-44(45)46)48(8-2,9-3)32(4)5/h7,11-16,18-32H,8-10,17H2,1-6H3/b16-7-. The molecular weight excluding hydrogens is 577 g/mol. The maximum absolute atomic E-state index is 2.58. The molecule has 6 aromatic rings. The van der Waals surface area contributed by atoms with Gasteiger partial charge in [-0.1, -0.05) is 137 Å². The van der Waals surface area contributed by atoms with Crippen molar-refractivity contribution in [2.75, 3.05) is 0 Å². The molecule has 0 bridgehead atoms. The third kappa shape index (κ3) is 5.32. The minimum Gasteiger partial charge on any atom is -0.0871 e. The summed E-state index contributed by atoms with van der Waals surface area (Å²) in [4.78, 5) is 0. The van der Waals surface area contributed by atoms with Crippen molar-refractivity contribution < 1.29 is 0 Å². The zero-order valence-electron chi connectivity index (χ0n) is 29.5. The lowest BCUT2D eigenvalue weighted by molar-refractivity contribution is 0.284. The number of fused-ring (bicyclic) bond motifs is 3. The van der Waals surface area contributed by atoms with E-state index in [1.807, 2.05) is 0 Å². The average molecular weight is 625 g/mol. The summed E-state index contributed by atoms with van der Waals surface area (Å²) in [6, 6.07) is 39.6. The molecule has 0 nitrogen and oxygen atoms in total. The zero-order valence-corrected chi connectivity index (χ0v) is 29.5. The van der Waals surface area contributed by atoms with Crippen molar-refractivity contribution in [2.24, 2.45) is 5.92 Å². The average Bonchev–Trinajstić information content (AvgIpc) is 3.12. The Hall–Kier alpha value is -4.68. The number of aryl methyl sites for hydroxylation is 2. The first kappa shape index (κ1) is 31.9. The van der Waals surface area contributed by atoms with E-state index in [0.29, 0.717) is 5.92 Å². The van der Waals surface area contributed by atoms with Crippen molar-refractivity contribution in [3.05, 3.63) is 143 Å². The second kappa shape index (κ2) is 13.1. The molecule has 0 amide bonds. The van der Waals surface area contributed by atoms with Crippen molar-refractivity contribution in [1.29, 1.82) is 0 Å². The van der Waals surface area contributed by atoms with Gasteiger partial charge in [-0.15, -0.1) is 0 Å². The summed E-state index contributed by atoms with van der Waals surface area (Å²) in [5, 5.41) is 5.31. The van der Waals surface area contributed by atoms with Crippen LogP contribution in [0, 0.1) is 12.8 Å². The topological polar surface area (TPSA) is 0 Å². The van der Waals surface area contributed by atoms with E-state index < -0.39 is 0 Å². The quantitative estimate of drug-likeness (QED) is 0.148. The summed E-state index contributed by atoms with van der Waals surface area (Å²) >= 11 is 0. The molecule has 0 unspecified atom stereocenters. The predicted octanol–water partition coefficient (Wildman–Crippen LogP) is 14.0. The molecule has 7 rings (SSSR count). The van der Waals surface area contributed by atoms with Crippen LogP contribution in [0.4, 0.5) is 0 Å². The maximum Gasteiger partial charge on any atom is -0.00202 e. The molecule has 0 radical (unpaired) electrons. The third-order valence-corrected chi connectivity index (χ3v) is 11.4. The highest BCUT2D eigenvalue weighted by molar-refractivity contribution is 6.22. The number of hydrogen-bond acceptors (Lipinski definition) is 0. The molecule has 0 heterocycles. The van der Waals surface area contributed by atoms with E-state index in [1.165, 1.54) is 82.7 Å². The number of hydrogen-bond donors (Lipinski definition) is 0. The predicted molar refractivity (Wildman–Crippen MR) is 212 cm³/mol. The van der Waals surface area contributed by atoms with Gasteiger partial charge in [0, 0.05) is 0 Å². The smallest absolute Gasteiger partial charge is 0.00202 e. The molecule has 240 valence electrons. The molecule has 6 aromatic carbocycles. The minimum absolute atomic E-state index is 0.128. The molecule has 0 saturated carbocycles. The molecule has 0 atom stereocenters. The Kier molecular flexibility index (Phi) is 8.69. The van der Waals surface area contributed by atoms with Crippen LogP contribution in [-0.2, 0) is 11.8 Å². The van der Waals surface area contributed by atoms with Crippen LogP contribution < -0.4 is 0 Å². The molecule has 0 saturated heterocycles. The second-order valence-corrected chi connectivity index (χ2v) is 14.0. The molecular formula is C48H48. The Morgan fingerprint density at radius 1 is 0.688 bits per heavy atom.